The molecule has 0 atom stereocenters. The summed E-state index contributed by atoms with van der Waals surface area (Å²) in [6.45, 7) is 11.3. The molecule has 0 fully saturated rings. The van der Waals surface area contributed by atoms with Crippen LogP contribution in [-0.4, -0.2) is 48.4 Å². The molecule has 9 nitrogen and oxygen atoms in total. The molecular formula is C23H31N3O6Si. The van der Waals surface area contributed by atoms with Crippen LogP contribution < -0.4 is 5.32 Å². The minimum atomic E-state index is -1.97. The Balaban J connectivity index is 2.01. The van der Waals surface area contributed by atoms with Crippen molar-refractivity contribution in [1.82, 2.24) is 4.90 Å². The summed E-state index contributed by atoms with van der Waals surface area (Å²) in [6.07, 6.45) is -1.05. The van der Waals surface area contributed by atoms with Gasteiger partial charge in [-0.25, -0.2) is 4.79 Å². The quantitative estimate of drug-likeness (QED) is 0.288. The van der Waals surface area contributed by atoms with E-state index in [1.165, 1.54) is 23.1 Å². The second-order valence-corrected chi connectivity index (χ2v) is 14.0. The minimum absolute atomic E-state index is 0.0393. The van der Waals surface area contributed by atoms with Crippen molar-refractivity contribution in [2.24, 2.45) is 0 Å². The van der Waals surface area contributed by atoms with Crippen LogP contribution in [0.4, 0.5) is 16.2 Å². The lowest BCUT2D eigenvalue weighted by Crippen LogP contribution is -2.43. The van der Waals surface area contributed by atoms with Crippen molar-refractivity contribution in [3.05, 3.63) is 69.8 Å². The first-order chi connectivity index (χ1) is 15.3. The molecule has 0 aliphatic carbocycles. The molecule has 33 heavy (non-hydrogen) atoms. The highest BCUT2D eigenvalue weighted by molar-refractivity contribution is 6.74. The number of amides is 2. The Hall–Kier alpha value is -3.24. The molecule has 2 rings (SSSR count). The zero-order valence-corrected chi connectivity index (χ0v) is 20.6. The van der Waals surface area contributed by atoms with Crippen LogP contribution in [0.3, 0.4) is 0 Å². The van der Waals surface area contributed by atoms with Crippen LogP contribution in [0.25, 0.3) is 0 Å². The number of para-hydroxylation sites is 2. The van der Waals surface area contributed by atoms with Crippen LogP contribution >= 0.6 is 0 Å². The first kappa shape index (κ1) is 26.0. The van der Waals surface area contributed by atoms with Crippen molar-refractivity contribution in [1.29, 1.82) is 0 Å². The number of carbonyl (C=O) groups is 2. The zero-order valence-electron chi connectivity index (χ0n) is 19.6. The summed E-state index contributed by atoms with van der Waals surface area (Å²) in [5, 5.41) is 23.3. The van der Waals surface area contributed by atoms with Crippen molar-refractivity contribution in [3.63, 3.8) is 0 Å². The molecule has 0 aliphatic heterocycles. The molecule has 10 heteroatoms. The molecule has 0 saturated carbocycles. The van der Waals surface area contributed by atoms with Gasteiger partial charge in [0.15, 0.2) is 8.32 Å². The largest absolute Gasteiger partial charge is 0.465 e. The smallest absolute Gasteiger partial charge is 0.407 e. The predicted octanol–water partition coefficient (Wildman–Crippen LogP) is 5.35. The molecule has 0 aromatic heterocycles. The fourth-order valence-corrected chi connectivity index (χ4v) is 3.82. The van der Waals surface area contributed by atoms with Crippen LogP contribution in [-0.2, 0) is 11.0 Å². The number of hydrogen-bond donors (Lipinski definition) is 2. The Labute approximate surface area is 194 Å². The summed E-state index contributed by atoms with van der Waals surface area (Å²) in [5.74, 6) is -0.492. The summed E-state index contributed by atoms with van der Waals surface area (Å²) in [7, 11) is -1.97. The van der Waals surface area contributed by atoms with E-state index >= 15 is 0 Å². The van der Waals surface area contributed by atoms with E-state index in [9.17, 15) is 24.8 Å². The molecule has 2 aromatic rings. The molecule has 178 valence electrons. The number of benzene rings is 2. The summed E-state index contributed by atoms with van der Waals surface area (Å²) < 4.78 is 6.08. The average molecular weight is 474 g/mol. The Kier molecular flexibility index (Phi) is 8.34. The normalized spacial score (nSPS) is 11.7. The van der Waals surface area contributed by atoms with Crippen LogP contribution in [0.15, 0.2) is 48.5 Å². The molecule has 0 heterocycles. The maximum Gasteiger partial charge on any atom is 0.407 e. The van der Waals surface area contributed by atoms with Crippen molar-refractivity contribution >= 4 is 31.7 Å². The predicted molar refractivity (Wildman–Crippen MR) is 129 cm³/mol. The number of anilines is 1. The number of nitrogens with zero attached hydrogens (tertiary/aromatic N) is 2. The summed E-state index contributed by atoms with van der Waals surface area (Å²) in [6, 6.07) is 12.3. The van der Waals surface area contributed by atoms with Crippen LogP contribution in [0, 0.1) is 10.1 Å². The molecule has 0 saturated heterocycles. The van der Waals surface area contributed by atoms with Crippen molar-refractivity contribution in [2.75, 3.05) is 18.5 Å². The van der Waals surface area contributed by atoms with E-state index < -0.39 is 25.2 Å². The fraction of sp³-hybridized carbons (Fsp3) is 0.391. The monoisotopic (exact) mass is 473 g/mol. The average Bonchev–Trinajstić information content (AvgIpc) is 2.72. The van der Waals surface area contributed by atoms with Gasteiger partial charge in [0.1, 0.15) is 5.69 Å². The second kappa shape index (κ2) is 10.6. The number of carboxylic acid groups (broad SMARTS) is 1. The maximum atomic E-state index is 12.5. The van der Waals surface area contributed by atoms with Crippen molar-refractivity contribution in [3.8, 4) is 0 Å². The Bertz CT molecular complexity index is 1000. The van der Waals surface area contributed by atoms with E-state index in [0.717, 1.165) is 0 Å². The number of hydrogen-bond acceptors (Lipinski definition) is 5. The Morgan fingerprint density at radius 3 is 2.27 bits per heavy atom. The number of rotatable bonds is 9. The lowest BCUT2D eigenvalue weighted by molar-refractivity contribution is -0.383. The topological polar surface area (TPSA) is 122 Å². The lowest BCUT2D eigenvalue weighted by atomic mass is 10.1. The van der Waals surface area contributed by atoms with Gasteiger partial charge in [-0.05, 0) is 41.9 Å². The van der Waals surface area contributed by atoms with E-state index in [0.29, 0.717) is 17.7 Å². The van der Waals surface area contributed by atoms with Gasteiger partial charge in [-0.1, -0.05) is 45.0 Å². The highest BCUT2D eigenvalue weighted by Crippen LogP contribution is 2.36. The summed E-state index contributed by atoms with van der Waals surface area (Å²) in [4.78, 5) is 36.0. The van der Waals surface area contributed by atoms with E-state index in [1.807, 2.05) is 0 Å². The maximum absolute atomic E-state index is 12.5. The fourth-order valence-electron chi connectivity index (χ4n) is 2.78. The number of carbonyl (C=O) groups excluding carboxylic acids is 1. The van der Waals surface area contributed by atoms with Crippen molar-refractivity contribution in [2.45, 2.75) is 45.4 Å². The first-order valence-electron chi connectivity index (χ1n) is 10.6. The molecule has 0 bridgehead atoms. The van der Waals surface area contributed by atoms with Crippen LogP contribution in [0.5, 0.6) is 0 Å². The third kappa shape index (κ3) is 7.12. The molecule has 0 spiro atoms. The summed E-state index contributed by atoms with van der Waals surface area (Å²) in [5.41, 5.74) is 0.932. The molecule has 0 radical (unpaired) electrons. The third-order valence-corrected chi connectivity index (χ3v) is 10.4. The molecule has 2 N–H and O–H groups in total. The molecule has 0 unspecified atom stereocenters. The molecular weight excluding hydrogens is 442 g/mol. The zero-order chi connectivity index (χ0) is 24.8. The summed E-state index contributed by atoms with van der Waals surface area (Å²) >= 11 is 0. The second-order valence-electron chi connectivity index (χ2n) is 9.24. The van der Waals surface area contributed by atoms with Gasteiger partial charge in [-0.3, -0.25) is 14.9 Å². The Morgan fingerprint density at radius 2 is 1.73 bits per heavy atom. The van der Waals surface area contributed by atoms with Gasteiger partial charge < -0.3 is 19.7 Å². The highest BCUT2D eigenvalue weighted by Gasteiger charge is 2.37. The molecule has 0 aliphatic rings. The van der Waals surface area contributed by atoms with Gasteiger partial charge in [0.2, 0.25) is 0 Å². The van der Waals surface area contributed by atoms with Gasteiger partial charge >= 0.3 is 6.09 Å². The van der Waals surface area contributed by atoms with Gasteiger partial charge in [-0.2, -0.15) is 0 Å². The van der Waals surface area contributed by atoms with Crippen LogP contribution in [0.2, 0.25) is 18.1 Å². The van der Waals surface area contributed by atoms with Gasteiger partial charge in [0, 0.05) is 24.7 Å². The molecule has 2 amide bonds. The number of nitrogens with one attached hydrogen (secondary N) is 1. The highest BCUT2D eigenvalue weighted by atomic mass is 28.4. The number of nitro benzene ring substituents is 1. The first-order valence-corrected chi connectivity index (χ1v) is 13.5. The van der Waals surface area contributed by atoms with E-state index in [4.69, 9.17) is 4.43 Å². The van der Waals surface area contributed by atoms with Gasteiger partial charge in [-0.15, -0.1) is 0 Å². The lowest BCUT2D eigenvalue weighted by Gasteiger charge is -2.36. The van der Waals surface area contributed by atoms with Crippen LogP contribution in [0.1, 0.15) is 36.7 Å². The Morgan fingerprint density at radius 1 is 1.12 bits per heavy atom. The van der Waals surface area contributed by atoms with Crippen molar-refractivity contribution < 1.29 is 24.0 Å². The molecule has 2 aromatic carbocycles. The van der Waals surface area contributed by atoms with Gasteiger partial charge in [0.25, 0.3) is 11.6 Å². The van der Waals surface area contributed by atoms with E-state index in [2.05, 4.69) is 39.2 Å². The number of nitro groups is 1. The van der Waals surface area contributed by atoms with E-state index in [-0.39, 0.29) is 29.5 Å². The van der Waals surface area contributed by atoms with Gasteiger partial charge in [0.05, 0.1) is 11.5 Å². The standard InChI is InChI=1S/C23H31N3O6Si/c1-23(2,3)33(4,5)32-15-14-25(22(28)29)16-17-10-12-18(13-11-17)21(27)24-19-8-6-7-9-20(19)26(30)31/h6-13H,14-16H2,1-5H3,(H,24,27)(H,28,29). The third-order valence-electron chi connectivity index (χ3n) is 5.84. The minimum Gasteiger partial charge on any atom is -0.465 e. The van der Waals surface area contributed by atoms with E-state index in [1.54, 1.807) is 30.3 Å². The SMILES string of the molecule is CC(C)(C)[Si](C)(C)OCCN(Cc1ccc(C(=O)Nc2ccccc2[N+](=O)[O-])cc1)C(=O)O.